The molecule has 0 heterocycles. The van der Waals surface area contributed by atoms with Crippen molar-refractivity contribution in [2.75, 3.05) is 0 Å². The Morgan fingerprint density at radius 3 is 2.06 bits per heavy atom. The maximum absolute atomic E-state index is 11.0. The fourth-order valence-corrected chi connectivity index (χ4v) is 4.20. The minimum Gasteiger partial charge on any atom is -0.481 e. The molecule has 0 radical (unpaired) electrons. The molecule has 4 heteroatoms. The van der Waals surface area contributed by atoms with Gasteiger partial charge in [0.2, 0.25) is 0 Å². The molecule has 106 valence electrons. The molecule has 0 saturated heterocycles. The predicted octanol–water partition coefficient (Wildman–Crippen LogP) is 3.29. The van der Waals surface area contributed by atoms with Gasteiger partial charge in [-0.05, 0) is 50.1 Å². The van der Waals surface area contributed by atoms with E-state index in [9.17, 15) is 4.79 Å². The molecule has 0 aromatic rings. The van der Waals surface area contributed by atoms with Crippen LogP contribution in [0.4, 0.5) is 0 Å². The summed E-state index contributed by atoms with van der Waals surface area (Å²) in [4.78, 5) is 11.0. The second kappa shape index (κ2) is 6.20. The fourth-order valence-electron chi connectivity index (χ4n) is 2.98. The van der Waals surface area contributed by atoms with Crippen LogP contribution in [0.5, 0.6) is 0 Å². The molecule has 0 amide bonds. The first-order valence-corrected chi connectivity index (χ1v) is 9.88. The van der Waals surface area contributed by atoms with E-state index >= 15 is 0 Å². The first-order valence-electron chi connectivity index (χ1n) is 7.10. The van der Waals surface area contributed by atoms with Crippen molar-refractivity contribution in [3.63, 3.8) is 0 Å². The first kappa shape index (κ1) is 15.7. The number of carboxylic acids is 1. The molecule has 0 aromatic carbocycles. The van der Waals surface area contributed by atoms with Crippen molar-refractivity contribution in [3.05, 3.63) is 0 Å². The molecule has 0 spiro atoms. The zero-order valence-corrected chi connectivity index (χ0v) is 13.6. The van der Waals surface area contributed by atoms with Crippen LogP contribution in [0.2, 0.25) is 13.1 Å². The van der Waals surface area contributed by atoms with E-state index in [4.69, 9.17) is 9.53 Å². The number of aliphatic carboxylic acids is 1. The Hall–Kier alpha value is -0.353. The monoisotopic (exact) mass is 272 g/mol. The van der Waals surface area contributed by atoms with Crippen LogP contribution in [0.15, 0.2) is 0 Å². The van der Waals surface area contributed by atoms with Gasteiger partial charge in [-0.2, -0.15) is 0 Å². The summed E-state index contributed by atoms with van der Waals surface area (Å²) in [6, 6.07) is 0. The Morgan fingerprint density at radius 2 is 1.72 bits per heavy atom. The predicted molar refractivity (Wildman–Crippen MR) is 76.3 cm³/mol. The number of hydrogen-bond donors (Lipinski definition) is 1. The summed E-state index contributed by atoms with van der Waals surface area (Å²) in [5.41, 5.74) is 0.151. The second-order valence-corrected chi connectivity index (χ2v) is 9.29. The summed E-state index contributed by atoms with van der Waals surface area (Å²) < 4.78 is 6.24. The fraction of sp³-hybridized carbons (Fsp3) is 0.929. The summed E-state index contributed by atoms with van der Waals surface area (Å²) in [5, 5.41) is 9.04. The smallest absolute Gasteiger partial charge is 0.306 e. The van der Waals surface area contributed by atoms with Crippen LogP contribution in [0.25, 0.3) is 0 Å². The summed E-state index contributed by atoms with van der Waals surface area (Å²) in [6.07, 6.45) is 3.92. The second-order valence-electron chi connectivity index (χ2n) is 6.92. The summed E-state index contributed by atoms with van der Waals surface area (Å²) in [7, 11) is -1.05. The van der Waals surface area contributed by atoms with E-state index in [1.165, 1.54) is 0 Å². The third-order valence-electron chi connectivity index (χ3n) is 3.82. The molecule has 1 unspecified atom stereocenters. The van der Waals surface area contributed by atoms with E-state index in [2.05, 4.69) is 33.9 Å². The van der Waals surface area contributed by atoms with Crippen molar-refractivity contribution in [2.24, 2.45) is 17.3 Å². The highest BCUT2D eigenvalue weighted by Gasteiger charge is 2.37. The van der Waals surface area contributed by atoms with Gasteiger partial charge in [0.25, 0.3) is 0 Å². The minimum absolute atomic E-state index is 0.127. The van der Waals surface area contributed by atoms with Crippen LogP contribution in [0.3, 0.4) is 0 Å². The number of carbonyl (C=O) groups is 1. The lowest BCUT2D eigenvalue weighted by molar-refractivity contribution is -0.143. The molecule has 1 aliphatic rings. The van der Waals surface area contributed by atoms with Gasteiger partial charge in [0.15, 0.2) is 9.04 Å². The average Bonchev–Trinajstić information content (AvgIpc) is 2.24. The lowest BCUT2D eigenvalue weighted by Gasteiger charge is -2.41. The summed E-state index contributed by atoms with van der Waals surface area (Å²) >= 11 is 0. The van der Waals surface area contributed by atoms with Crippen molar-refractivity contribution in [1.29, 1.82) is 0 Å². The Balaban J connectivity index is 2.63. The lowest BCUT2D eigenvalue weighted by Crippen LogP contribution is -2.41. The van der Waals surface area contributed by atoms with Gasteiger partial charge in [-0.1, -0.05) is 20.8 Å². The molecular formula is C14H28O3Si. The van der Waals surface area contributed by atoms with Crippen LogP contribution in [0.1, 0.15) is 46.5 Å². The first-order chi connectivity index (χ1) is 8.21. The molecule has 0 aliphatic heterocycles. The average molecular weight is 272 g/mol. The normalized spacial score (nSPS) is 27.2. The van der Waals surface area contributed by atoms with E-state index < -0.39 is 15.0 Å². The third kappa shape index (κ3) is 4.39. The Labute approximate surface area is 113 Å². The van der Waals surface area contributed by atoms with Crippen LogP contribution in [-0.4, -0.2) is 26.2 Å². The van der Waals surface area contributed by atoms with Gasteiger partial charge in [-0.15, -0.1) is 0 Å². The summed E-state index contributed by atoms with van der Waals surface area (Å²) in [5.74, 6) is -0.214. The SMILES string of the molecule is C[SiH](C)OC(C1CCC(C(=O)O)CC1)C(C)(C)C. The van der Waals surface area contributed by atoms with Gasteiger partial charge in [0.05, 0.1) is 12.0 Å². The standard InChI is InChI=1S/C14H28O3Si/c1-14(2,3)12(17-18(4)5)10-6-8-11(9-7-10)13(15)16/h10-12,18H,6-9H2,1-5H3,(H,15,16). The maximum Gasteiger partial charge on any atom is 0.306 e. The highest BCUT2D eigenvalue weighted by Crippen LogP contribution is 2.38. The van der Waals surface area contributed by atoms with Crippen molar-refractivity contribution < 1.29 is 14.3 Å². The van der Waals surface area contributed by atoms with E-state index in [-0.39, 0.29) is 11.3 Å². The van der Waals surface area contributed by atoms with Gasteiger partial charge in [0, 0.05) is 0 Å². The van der Waals surface area contributed by atoms with E-state index in [1.54, 1.807) is 0 Å². The Morgan fingerprint density at radius 1 is 1.22 bits per heavy atom. The minimum atomic E-state index is -1.05. The lowest BCUT2D eigenvalue weighted by atomic mass is 9.72. The number of carboxylic acid groups (broad SMARTS) is 1. The molecule has 1 atom stereocenters. The molecule has 1 saturated carbocycles. The zero-order chi connectivity index (χ0) is 13.9. The van der Waals surface area contributed by atoms with Crippen LogP contribution < -0.4 is 0 Å². The van der Waals surface area contributed by atoms with Crippen molar-refractivity contribution in [3.8, 4) is 0 Å². The molecule has 0 aromatic heterocycles. The summed E-state index contributed by atoms with van der Waals surface area (Å²) in [6.45, 7) is 11.1. The van der Waals surface area contributed by atoms with Crippen molar-refractivity contribution in [1.82, 2.24) is 0 Å². The van der Waals surface area contributed by atoms with E-state index in [0.717, 1.165) is 25.7 Å². The van der Waals surface area contributed by atoms with Gasteiger partial charge in [0.1, 0.15) is 0 Å². The molecule has 3 nitrogen and oxygen atoms in total. The molecular weight excluding hydrogens is 244 g/mol. The van der Waals surface area contributed by atoms with Crippen LogP contribution in [0, 0.1) is 17.3 Å². The third-order valence-corrected chi connectivity index (χ3v) is 4.66. The van der Waals surface area contributed by atoms with Gasteiger partial charge in [-0.3, -0.25) is 4.79 Å². The van der Waals surface area contributed by atoms with Gasteiger partial charge < -0.3 is 9.53 Å². The molecule has 0 bridgehead atoms. The highest BCUT2D eigenvalue weighted by atomic mass is 28.3. The Bertz CT molecular complexity index is 275. The Kier molecular flexibility index (Phi) is 5.41. The zero-order valence-electron chi connectivity index (χ0n) is 12.4. The maximum atomic E-state index is 11.0. The number of rotatable bonds is 4. The van der Waals surface area contributed by atoms with E-state index in [0.29, 0.717) is 12.0 Å². The molecule has 1 fully saturated rings. The molecule has 1 rings (SSSR count). The van der Waals surface area contributed by atoms with Gasteiger partial charge >= 0.3 is 5.97 Å². The van der Waals surface area contributed by atoms with Crippen molar-refractivity contribution in [2.45, 2.75) is 65.7 Å². The van der Waals surface area contributed by atoms with Gasteiger partial charge in [-0.25, -0.2) is 0 Å². The number of hydrogen-bond acceptors (Lipinski definition) is 2. The van der Waals surface area contributed by atoms with Crippen molar-refractivity contribution >= 4 is 15.0 Å². The highest BCUT2D eigenvalue weighted by molar-refractivity contribution is 6.48. The van der Waals surface area contributed by atoms with Crippen LogP contribution >= 0.6 is 0 Å². The molecule has 1 N–H and O–H groups in total. The largest absolute Gasteiger partial charge is 0.481 e. The molecule has 1 aliphatic carbocycles. The quantitative estimate of drug-likeness (QED) is 0.799. The molecule has 18 heavy (non-hydrogen) atoms. The topological polar surface area (TPSA) is 46.5 Å². The van der Waals surface area contributed by atoms with E-state index in [1.807, 2.05) is 0 Å². The van der Waals surface area contributed by atoms with Crippen LogP contribution in [-0.2, 0) is 9.22 Å².